The minimum atomic E-state index is -1.14. The molecular formula is C39H49N9O6S. The molecule has 1 aliphatic heterocycles. The number of nitrogens with two attached hydrogens (primary N) is 1. The van der Waals surface area contributed by atoms with Gasteiger partial charge in [-0.1, -0.05) is 86.6 Å². The van der Waals surface area contributed by atoms with Crippen molar-refractivity contribution in [3.05, 3.63) is 94.4 Å². The number of hydrogen-bond donors (Lipinski definition) is 5. The van der Waals surface area contributed by atoms with Crippen LogP contribution in [0.25, 0.3) is 21.2 Å². The van der Waals surface area contributed by atoms with Crippen LogP contribution in [0.5, 0.6) is 0 Å². The van der Waals surface area contributed by atoms with Gasteiger partial charge < -0.3 is 31.9 Å². The molecule has 3 aromatic rings. The van der Waals surface area contributed by atoms with Gasteiger partial charge in [0.1, 0.15) is 24.2 Å². The predicted octanol–water partition coefficient (Wildman–Crippen LogP) is 2.76. The van der Waals surface area contributed by atoms with Crippen molar-refractivity contribution in [3.8, 4) is 0 Å². The SMILES string of the molecule is CSCC[C@H](NC(=O)[C@H](CC(C)C)N1CC[C@@H](NC(=O)[C@H](Cc2ccccc2)NC(=O)[C@H](Cc2cccc3ccccc23)NC(=O)CN)C1=O)C(=O)N=[N+]=[N-]. The van der Waals surface area contributed by atoms with E-state index in [0.717, 1.165) is 21.9 Å². The molecule has 1 aliphatic rings. The van der Waals surface area contributed by atoms with Crippen LogP contribution in [0, 0.1) is 5.92 Å². The second-order valence-electron chi connectivity index (χ2n) is 13.8. The summed E-state index contributed by atoms with van der Waals surface area (Å²) in [5.41, 5.74) is 16.0. The van der Waals surface area contributed by atoms with Crippen molar-refractivity contribution in [2.45, 2.75) is 76.2 Å². The standard InChI is InChI=1S/C39H49N9O6S/c1-24(2)20-33(38(53)43-29(17-19-55-3)37(52)46-47-41)48-18-16-30(39(48)54)44-35(50)31(21-25-10-5-4-6-11-25)45-36(51)32(42-34(49)23-40)22-27-14-9-13-26-12-7-8-15-28(26)27/h4-15,24,29-33H,16-23,40H2,1-3H3,(H,42,49)(H,43,53)(H,44,50)(H,45,51)/t29-,30+,31-,32-,33-/m0/s1. The highest BCUT2D eigenvalue weighted by Gasteiger charge is 2.41. The molecule has 0 radical (unpaired) electrons. The summed E-state index contributed by atoms with van der Waals surface area (Å²) >= 11 is 1.46. The van der Waals surface area contributed by atoms with Crippen molar-refractivity contribution in [1.82, 2.24) is 26.2 Å². The number of amides is 6. The molecule has 4 rings (SSSR count). The van der Waals surface area contributed by atoms with Crippen LogP contribution in [0.3, 0.4) is 0 Å². The number of benzene rings is 3. The van der Waals surface area contributed by atoms with Gasteiger partial charge in [-0.3, -0.25) is 28.8 Å². The summed E-state index contributed by atoms with van der Waals surface area (Å²) in [6.07, 6.45) is 2.77. The summed E-state index contributed by atoms with van der Waals surface area (Å²) in [5.74, 6) is -3.12. The van der Waals surface area contributed by atoms with Crippen molar-refractivity contribution in [2.24, 2.45) is 16.8 Å². The molecular weight excluding hydrogens is 723 g/mol. The molecule has 0 bridgehead atoms. The molecule has 0 saturated carbocycles. The second kappa shape index (κ2) is 20.9. The van der Waals surface area contributed by atoms with Gasteiger partial charge in [0.15, 0.2) is 0 Å². The number of carbonyl (C=O) groups is 6. The zero-order valence-electron chi connectivity index (χ0n) is 31.3. The van der Waals surface area contributed by atoms with Crippen molar-refractivity contribution < 1.29 is 28.8 Å². The third-order valence-corrected chi connectivity index (χ3v) is 10.00. The van der Waals surface area contributed by atoms with Crippen LogP contribution in [-0.4, -0.2) is 95.7 Å². The summed E-state index contributed by atoms with van der Waals surface area (Å²) < 4.78 is 0. The Bertz CT molecular complexity index is 1880. The topological polar surface area (TPSA) is 229 Å². The van der Waals surface area contributed by atoms with Gasteiger partial charge in [0.2, 0.25) is 35.4 Å². The Morgan fingerprint density at radius 2 is 1.56 bits per heavy atom. The number of carbonyl (C=O) groups excluding carboxylic acids is 6. The first-order chi connectivity index (χ1) is 26.4. The Morgan fingerprint density at radius 1 is 0.891 bits per heavy atom. The molecule has 0 unspecified atom stereocenters. The zero-order chi connectivity index (χ0) is 39.9. The third-order valence-electron chi connectivity index (χ3n) is 9.36. The Kier molecular flexibility index (Phi) is 16.0. The van der Waals surface area contributed by atoms with Crippen LogP contribution in [0.15, 0.2) is 77.9 Å². The van der Waals surface area contributed by atoms with Gasteiger partial charge in [-0.15, -0.1) is 0 Å². The van der Waals surface area contributed by atoms with Crippen molar-refractivity contribution in [2.75, 3.05) is 25.1 Å². The maximum atomic E-state index is 14.0. The molecule has 3 aromatic carbocycles. The molecule has 0 spiro atoms. The summed E-state index contributed by atoms with van der Waals surface area (Å²) in [7, 11) is 0. The summed E-state index contributed by atoms with van der Waals surface area (Å²) in [6, 6.07) is 17.2. The van der Waals surface area contributed by atoms with E-state index in [1.54, 1.807) is 12.1 Å². The van der Waals surface area contributed by atoms with Crippen molar-refractivity contribution >= 4 is 58.0 Å². The minimum absolute atomic E-state index is 0.0123. The van der Waals surface area contributed by atoms with E-state index >= 15 is 0 Å². The van der Waals surface area contributed by atoms with Gasteiger partial charge in [0.25, 0.3) is 0 Å². The second-order valence-corrected chi connectivity index (χ2v) is 14.8. The summed E-state index contributed by atoms with van der Waals surface area (Å²) in [4.78, 5) is 84.5. The number of thioether (sulfide) groups is 1. The molecule has 15 nitrogen and oxygen atoms in total. The van der Waals surface area contributed by atoms with E-state index in [4.69, 9.17) is 11.3 Å². The van der Waals surface area contributed by atoms with E-state index in [2.05, 4.69) is 31.3 Å². The van der Waals surface area contributed by atoms with Crippen LogP contribution in [0.2, 0.25) is 0 Å². The number of hydrogen-bond acceptors (Lipinski definition) is 8. The van der Waals surface area contributed by atoms with Crippen LogP contribution in [-0.2, 0) is 41.6 Å². The number of azide groups is 1. The van der Waals surface area contributed by atoms with Crippen LogP contribution >= 0.6 is 11.8 Å². The Morgan fingerprint density at radius 3 is 2.25 bits per heavy atom. The highest BCUT2D eigenvalue weighted by atomic mass is 32.2. The predicted molar refractivity (Wildman–Crippen MR) is 211 cm³/mol. The summed E-state index contributed by atoms with van der Waals surface area (Å²) in [5, 5.41) is 16.1. The maximum Gasteiger partial charge on any atom is 0.245 e. The van der Waals surface area contributed by atoms with E-state index in [1.807, 2.05) is 80.8 Å². The first kappa shape index (κ1) is 42.3. The smallest absolute Gasteiger partial charge is 0.245 e. The van der Waals surface area contributed by atoms with E-state index in [1.165, 1.54) is 16.7 Å². The molecule has 0 aromatic heterocycles. The Balaban J connectivity index is 1.54. The minimum Gasteiger partial charge on any atom is -0.344 e. The number of likely N-dealkylation sites (tertiary alicyclic amines) is 1. The Hall–Kier alpha value is -5.44. The normalized spacial score (nSPS) is 16.1. The van der Waals surface area contributed by atoms with Crippen LogP contribution in [0.4, 0.5) is 0 Å². The average molecular weight is 772 g/mol. The summed E-state index contributed by atoms with van der Waals surface area (Å²) in [6.45, 7) is 3.61. The molecule has 6 N–H and O–H groups in total. The quantitative estimate of drug-likeness (QED) is 0.0690. The Labute approximate surface area is 324 Å². The molecule has 0 aliphatic carbocycles. The van der Waals surface area contributed by atoms with Gasteiger partial charge in [0, 0.05) is 24.3 Å². The van der Waals surface area contributed by atoms with E-state index < -0.39 is 65.7 Å². The van der Waals surface area contributed by atoms with Crippen LogP contribution in [0.1, 0.15) is 44.2 Å². The van der Waals surface area contributed by atoms with Gasteiger partial charge >= 0.3 is 0 Å². The fourth-order valence-corrected chi connectivity index (χ4v) is 7.07. The molecule has 1 heterocycles. The van der Waals surface area contributed by atoms with Gasteiger partial charge in [-0.25, -0.2) is 0 Å². The molecule has 1 fully saturated rings. The maximum absolute atomic E-state index is 14.0. The lowest BCUT2D eigenvalue weighted by atomic mass is 9.97. The largest absolute Gasteiger partial charge is 0.344 e. The average Bonchev–Trinajstić information content (AvgIpc) is 3.53. The fourth-order valence-electron chi connectivity index (χ4n) is 6.60. The van der Waals surface area contributed by atoms with Crippen LogP contribution < -0.4 is 27.0 Å². The van der Waals surface area contributed by atoms with Gasteiger partial charge in [-0.05, 0) is 69.7 Å². The zero-order valence-corrected chi connectivity index (χ0v) is 32.1. The number of nitrogens with one attached hydrogen (secondary N) is 4. The molecule has 6 amide bonds. The van der Waals surface area contributed by atoms with Crippen molar-refractivity contribution in [1.29, 1.82) is 0 Å². The lowest BCUT2D eigenvalue weighted by Gasteiger charge is -2.30. The molecule has 5 atom stereocenters. The number of rotatable bonds is 19. The first-order valence-electron chi connectivity index (χ1n) is 18.2. The lowest BCUT2D eigenvalue weighted by molar-refractivity contribution is -0.141. The lowest BCUT2D eigenvalue weighted by Crippen LogP contribution is -2.58. The third kappa shape index (κ3) is 12.0. The highest BCUT2D eigenvalue weighted by Crippen LogP contribution is 2.22. The number of nitrogens with zero attached hydrogens (tertiary/aromatic N) is 4. The molecule has 16 heteroatoms. The molecule has 1 saturated heterocycles. The number of fused-ring (bicyclic) bond motifs is 1. The van der Waals surface area contributed by atoms with E-state index in [-0.39, 0.29) is 51.1 Å². The molecule has 55 heavy (non-hydrogen) atoms. The van der Waals surface area contributed by atoms with Crippen molar-refractivity contribution in [3.63, 3.8) is 0 Å². The van der Waals surface area contributed by atoms with E-state index in [9.17, 15) is 28.8 Å². The first-order valence-corrected chi connectivity index (χ1v) is 19.6. The van der Waals surface area contributed by atoms with Gasteiger partial charge in [0.05, 0.1) is 12.6 Å². The fraction of sp³-hybridized carbons (Fsp3) is 0.436. The monoisotopic (exact) mass is 771 g/mol. The highest BCUT2D eigenvalue weighted by molar-refractivity contribution is 7.98. The van der Waals surface area contributed by atoms with E-state index in [0.29, 0.717) is 5.75 Å². The van der Waals surface area contributed by atoms with Gasteiger partial charge in [-0.2, -0.15) is 11.8 Å². The molecule has 292 valence electrons.